The van der Waals surface area contributed by atoms with Crippen molar-refractivity contribution in [3.05, 3.63) is 29.5 Å². The fourth-order valence-corrected chi connectivity index (χ4v) is 3.34. The van der Waals surface area contributed by atoms with Crippen LogP contribution in [0.2, 0.25) is 0 Å². The molecule has 1 aromatic heterocycles. The number of hydrogen-bond acceptors (Lipinski definition) is 7. The second-order valence-corrected chi connectivity index (χ2v) is 6.98. The molecule has 2 aromatic rings. The summed E-state index contributed by atoms with van der Waals surface area (Å²) >= 11 is 0. The molecule has 8 nitrogen and oxygen atoms in total. The number of alkyl halides is 3. The Hall–Kier alpha value is -2.95. The lowest BCUT2D eigenvalue weighted by atomic mass is 10.1. The zero-order valence-corrected chi connectivity index (χ0v) is 15.7. The van der Waals surface area contributed by atoms with Crippen molar-refractivity contribution in [3.8, 4) is 17.0 Å². The van der Waals surface area contributed by atoms with E-state index < -0.39 is 17.5 Å². The van der Waals surface area contributed by atoms with Crippen LogP contribution in [0.25, 0.3) is 11.3 Å². The van der Waals surface area contributed by atoms with Gasteiger partial charge in [0.25, 0.3) is 0 Å². The molecule has 1 aliphatic heterocycles. The van der Waals surface area contributed by atoms with E-state index in [4.69, 9.17) is 5.73 Å². The first-order valence-electron chi connectivity index (χ1n) is 9.02. The molecule has 2 heterocycles. The Bertz CT molecular complexity index is 906. The standard InChI is InChI=1S/C18H21F3N6O2/c1-10-16(13-5-4-11(7-14(13)28)18(19,20)21)25-26-17(23-10)24-12-3-2-6-27(8-12)9-15(22)29/h4-5,7,12,28H,2-3,6,8-9H2,1H3,(H2,22,29)(H,23,24,26). The van der Waals surface area contributed by atoms with E-state index >= 15 is 0 Å². The second-order valence-electron chi connectivity index (χ2n) is 6.98. The summed E-state index contributed by atoms with van der Waals surface area (Å²) in [5, 5.41) is 21.2. The molecule has 1 unspecified atom stereocenters. The van der Waals surface area contributed by atoms with Crippen LogP contribution in [-0.4, -0.2) is 56.8 Å². The van der Waals surface area contributed by atoms with E-state index in [9.17, 15) is 23.1 Å². The molecule has 0 saturated carbocycles. The number of nitrogens with two attached hydrogens (primary N) is 1. The van der Waals surface area contributed by atoms with Gasteiger partial charge in [-0.2, -0.15) is 13.2 Å². The summed E-state index contributed by atoms with van der Waals surface area (Å²) in [6.45, 7) is 3.20. The van der Waals surface area contributed by atoms with E-state index in [1.54, 1.807) is 6.92 Å². The third-order valence-corrected chi connectivity index (χ3v) is 4.66. The first kappa shape index (κ1) is 20.8. The Morgan fingerprint density at radius 1 is 1.38 bits per heavy atom. The smallest absolute Gasteiger partial charge is 0.416 e. The number of amides is 1. The molecule has 0 spiro atoms. The molecule has 29 heavy (non-hydrogen) atoms. The summed E-state index contributed by atoms with van der Waals surface area (Å²) in [5.74, 6) is -0.669. The SMILES string of the molecule is Cc1nc(NC2CCCN(CC(N)=O)C2)nnc1-c1ccc(C(F)(F)F)cc1O. The third kappa shape index (κ3) is 5.11. The quantitative estimate of drug-likeness (QED) is 0.689. The van der Waals surface area contributed by atoms with Crippen molar-refractivity contribution in [2.45, 2.75) is 32.0 Å². The average molecular weight is 410 g/mol. The number of aryl methyl sites for hydroxylation is 1. The number of nitrogens with zero attached hydrogens (tertiary/aromatic N) is 4. The number of carbonyl (C=O) groups is 1. The number of hydrogen-bond donors (Lipinski definition) is 3. The van der Waals surface area contributed by atoms with E-state index in [1.807, 2.05) is 4.90 Å². The highest BCUT2D eigenvalue weighted by molar-refractivity contribution is 5.76. The molecular formula is C18H21F3N6O2. The van der Waals surface area contributed by atoms with Gasteiger partial charge in [-0.3, -0.25) is 9.69 Å². The van der Waals surface area contributed by atoms with Crippen molar-refractivity contribution in [1.82, 2.24) is 20.1 Å². The molecule has 3 rings (SSSR count). The Labute approximate surface area is 164 Å². The molecule has 11 heteroatoms. The van der Waals surface area contributed by atoms with Crippen molar-refractivity contribution in [2.75, 3.05) is 25.0 Å². The van der Waals surface area contributed by atoms with Gasteiger partial charge in [0.2, 0.25) is 11.9 Å². The maximum Gasteiger partial charge on any atom is 0.416 e. The lowest BCUT2D eigenvalue weighted by Crippen LogP contribution is -2.45. The number of nitrogens with one attached hydrogen (secondary N) is 1. The summed E-state index contributed by atoms with van der Waals surface area (Å²) in [7, 11) is 0. The average Bonchev–Trinajstić information content (AvgIpc) is 2.61. The molecule has 4 N–H and O–H groups in total. The van der Waals surface area contributed by atoms with Gasteiger partial charge in [0, 0.05) is 18.2 Å². The Morgan fingerprint density at radius 2 is 2.14 bits per heavy atom. The molecule has 156 valence electrons. The highest BCUT2D eigenvalue weighted by Gasteiger charge is 2.31. The van der Waals surface area contributed by atoms with Gasteiger partial charge in [-0.25, -0.2) is 4.98 Å². The van der Waals surface area contributed by atoms with Crippen LogP contribution in [0.4, 0.5) is 19.1 Å². The fraction of sp³-hybridized carbons (Fsp3) is 0.444. The van der Waals surface area contributed by atoms with Gasteiger partial charge < -0.3 is 16.2 Å². The fourth-order valence-electron chi connectivity index (χ4n) is 3.34. The van der Waals surface area contributed by atoms with E-state index in [0.29, 0.717) is 18.3 Å². The number of rotatable bonds is 5. The molecule has 0 bridgehead atoms. The zero-order valence-electron chi connectivity index (χ0n) is 15.7. The minimum absolute atomic E-state index is 0.00891. The molecule has 1 atom stereocenters. The molecule has 0 radical (unpaired) electrons. The molecule has 1 aliphatic rings. The van der Waals surface area contributed by atoms with Crippen LogP contribution in [0, 0.1) is 6.92 Å². The van der Waals surface area contributed by atoms with Crippen LogP contribution in [-0.2, 0) is 11.0 Å². The van der Waals surface area contributed by atoms with Crippen LogP contribution >= 0.6 is 0 Å². The van der Waals surface area contributed by atoms with Gasteiger partial charge in [0.15, 0.2) is 0 Å². The molecule has 1 saturated heterocycles. The van der Waals surface area contributed by atoms with E-state index in [1.165, 1.54) is 0 Å². The summed E-state index contributed by atoms with van der Waals surface area (Å²) in [6, 6.07) is 2.68. The number of carbonyl (C=O) groups excluding carboxylic acids is 1. The predicted octanol–water partition coefficient (Wildman–Crippen LogP) is 1.93. The van der Waals surface area contributed by atoms with Crippen LogP contribution in [0.1, 0.15) is 24.1 Å². The summed E-state index contributed by atoms with van der Waals surface area (Å²) < 4.78 is 38.3. The largest absolute Gasteiger partial charge is 0.507 e. The number of phenolic OH excluding ortho intramolecular Hbond substituents is 1. The number of phenols is 1. The lowest BCUT2D eigenvalue weighted by Gasteiger charge is -2.32. The Balaban J connectivity index is 1.75. The topological polar surface area (TPSA) is 117 Å². The van der Waals surface area contributed by atoms with Crippen LogP contribution in [0.3, 0.4) is 0 Å². The van der Waals surface area contributed by atoms with Gasteiger partial charge >= 0.3 is 6.18 Å². The Morgan fingerprint density at radius 3 is 2.76 bits per heavy atom. The number of piperidine rings is 1. The molecule has 1 amide bonds. The number of anilines is 1. The number of primary amides is 1. The van der Waals surface area contributed by atoms with Crippen LogP contribution in [0.5, 0.6) is 5.75 Å². The second kappa shape index (κ2) is 8.19. The van der Waals surface area contributed by atoms with Gasteiger partial charge in [-0.15, -0.1) is 10.2 Å². The number of aromatic hydroxyl groups is 1. The van der Waals surface area contributed by atoms with E-state index in [-0.39, 0.29) is 35.7 Å². The molecular weight excluding hydrogens is 389 g/mol. The highest BCUT2D eigenvalue weighted by Crippen LogP contribution is 2.36. The van der Waals surface area contributed by atoms with Gasteiger partial charge in [0.1, 0.15) is 11.4 Å². The molecule has 0 aliphatic carbocycles. The highest BCUT2D eigenvalue weighted by atomic mass is 19.4. The van der Waals surface area contributed by atoms with Crippen molar-refractivity contribution in [2.24, 2.45) is 5.73 Å². The van der Waals surface area contributed by atoms with Crippen LogP contribution in [0.15, 0.2) is 18.2 Å². The van der Waals surface area contributed by atoms with E-state index in [0.717, 1.165) is 31.5 Å². The summed E-state index contributed by atoms with van der Waals surface area (Å²) in [6.07, 6.45) is -2.81. The van der Waals surface area contributed by atoms with Gasteiger partial charge in [0.05, 0.1) is 17.8 Å². The van der Waals surface area contributed by atoms with E-state index in [2.05, 4.69) is 20.5 Å². The maximum absolute atomic E-state index is 12.8. The zero-order chi connectivity index (χ0) is 21.2. The predicted molar refractivity (Wildman–Crippen MR) is 98.9 cm³/mol. The number of benzene rings is 1. The minimum atomic E-state index is -4.55. The number of aromatic nitrogens is 3. The number of likely N-dealkylation sites (tertiary alicyclic amines) is 1. The van der Waals surface area contributed by atoms with Crippen molar-refractivity contribution in [3.63, 3.8) is 0 Å². The maximum atomic E-state index is 12.8. The normalized spacial score (nSPS) is 17.9. The number of halogens is 3. The van der Waals surface area contributed by atoms with Crippen molar-refractivity contribution < 1.29 is 23.1 Å². The van der Waals surface area contributed by atoms with Crippen molar-refractivity contribution in [1.29, 1.82) is 0 Å². The first-order valence-corrected chi connectivity index (χ1v) is 9.02. The minimum Gasteiger partial charge on any atom is -0.507 e. The van der Waals surface area contributed by atoms with Crippen molar-refractivity contribution >= 4 is 11.9 Å². The lowest BCUT2D eigenvalue weighted by molar-refractivity contribution is -0.137. The molecule has 1 fully saturated rings. The van der Waals surface area contributed by atoms with Crippen LogP contribution < -0.4 is 11.1 Å². The van der Waals surface area contributed by atoms with Gasteiger partial charge in [-0.05, 0) is 44.5 Å². The summed E-state index contributed by atoms with van der Waals surface area (Å²) in [4.78, 5) is 17.4. The molecule has 1 aromatic carbocycles. The Kier molecular flexibility index (Phi) is 5.87. The summed E-state index contributed by atoms with van der Waals surface area (Å²) in [5.41, 5.74) is 5.01. The third-order valence-electron chi connectivity index (χ3n) is 4.66. The van der Waals surface area contributed by atoms with Gasteiger partial charge in [-0.1, -0.05) is 0 Å². The monoisotopic (exact) mass is 410 g/mol. The first-order chi connectivity index (χ1) is 13.6.